The second-order valence-electron chi connectivity index (χ2n) is 3.66. The molecule has 15 heavy (non-hydrogen) atoms. The average Bonchev–Trinajstić information content (AvgIpc) is 2.67. The molecule has 0 unspecified atom stereocenters. The highest BCUT2D eigenvalue weighted by Crippen LogP contribution is 2.06. The SMILES string of the molecule is CCN1C=CN(CC(=O)N(CC)CC)C1. The molecule has 0 N–H and O–H groups in total. The van der Waals surface area contributed by atoms with Gasteiger partial charge in [0.05, 0.1) is 13.2 Å². The van der Waals surface area contributed by atoms with Gasteiger partial charge < -0.3 is 14.7 Å². The molecule has 0 radical (unpaired) electrons. The van der Waals surface area contributed by atoms with Crippen molar-refractivity contribution >= 4 is 5.91 Å². The Kier molecular flexibility index (Phi) is 4.46. The summed E-state index contributed by atoms with van der Waals surface area (Å²) in [6.45, 7) is 10.1. The Morgan fingerprint density at radius 2 is 1.80 bits per heavy atom. The van der Waals surface area contributed by atoms with Gasteiger partial charge >= 0.3 is 0 Å². The monoisotopic (exact) mass is 211 g/mol. The van der Waals surface area contributed by atoms with Crippen LogP contribution in [0.5, 0.6) is 0 Å². The number of nitrogens with zero attached hydrogens (tertiary/aromatic N) is 3. The van der Waals surface area contributed by atoms with Gasteiger partial charge in [0, 0.05) is 32.0 Å². The summed E-state index contributed by atoms with van der Waals surface area (Å²) in [5, 5.41) is 0. The van der Waals surface area contributed by atoms with Crippen LogP contribution in [-0.4, -0.2) is 53.5 Å². The lowest BCUT2D eigenvalue weighted by atomic mass is 10.4. The van der Waals surface area contributed by atoms with E-state index in [0.717, 1.165) is 26.3 Å². The highest BCUT2D eigenvalue weighted by atomic mass is 16.2. The molecule has 0 bridgehead atoms. The van der Waals surface area contributed by atoms with E-state index in [2.05, 4.69) is 11.8 Å². The number of carbonyl (C=O) groups excluding carboxylic acids is 1. The molecule has 0 aromatic heterocycles. The first-order chi connectivity index (χ1) is 7.21. The van der Waals surface area contributed by atoms with E-state index in [1.807, 2.05) is 36.0 Å². The van der Waals surface area contributed by atoms with E-state index in [-0.39, 0.29) is 5.91 Å². The van der Waals surface area contributed by atoms with Crippen molar-refractivity contribution in [2.24, 2.45) is 0 Å². The minimum Gasteiger partial charge on any atom is -0.359 e. The lowest BCUT2D eigenvalue weighted by molar-refractivity contribution is -0.131. The highest BCUT2D eigenvalue weighted by molar-refractivity contribution is 5.78. The molecular formula is C11H21N3O. The van der Waals surface area contributed by atoms with Gasteiger partial charge in [-0.2, -0.15) is 0 Å². The molecule has 4 heteroatoms. The van der Waals surface area contributed by atoms with Gasteiger partial charge in [-0.1, -0.05) is 0 Å². The number of carbonyl (C=O) groups is 1. The van der Waals surface area contributed by atoms with Gasteiger partial charge in [-0.3, -0.25) is 4.79 Å². The fraction of sp³-hybridized carbons (Fsp3) is 0.727. The molecule has 4 nitrogen and oxygen atoms in total. The van der Waals surface area contributed by atoms with Crippen molar-refractivity contribution < 1.29 is 4.79 Å². The molecule has 0 saturated heterocycles. The summed E-state index contributed by atoms with van der Waals surface area (Å²) < 4.78 is 0. The number of amides is 1. The molecule has 1 aliphatic heterocycles. The fourth-order valence-electron chi connectivity index (χ4n) is 1.67. The van der Waals surface area contributed by atoms with E-state index in [1.54, 1.807) is 0 Å². The largest absolute Gasteiger partial charge is 0.359 e. The Hall–Kier alpha value is -1.19. The van der Waals surface area contributed by atoms with Gasteiger partial charge in [-0.15, -0.1) is 0 Å². The third-order valence-corrected chi connectivity index (χ3v) is 2.71. The first-order valence-electron chi connectivity index (χ1n) is 5.65. The van der Waals surface area contributed by atoms with Crippen LogP contribution in [0.4, 0.5) is 0 Å². The molecule has 0 atom stereocenters. The second-order valence-corrected chi connectivity index (χ2v) is 3.66. The first-order valence-corrected chi connectivity index (χ1v) is 5.65. The summed E-state index contributed by atoms with van der Waals surface area (Å²) in [5.41, 5.74) is 0. The van der Waals surface area contributed by atoms with Gasteiger partial charge in [0.2, 0.25) is 5.91 Å². The van der Waals surface area contributed by atoms with Crippen molar-refractivity contribution in [2.45, 2.75) is 20.8 Å². The van der Waals surface area contributed by atoms with Gasteiger partial charge in [-0.05, 0) is 20.8 Å². The topological polar surface area (TPSA) is 26.8 Å². The molecule has 0 aromatic carbocycles. The number of hydrogen-bond acceptors (Lipinski definition) is 3. The number of hydrogen-bond donors (Lipinski definition) is 0. The van der Waals surface area contributed by atoms with E-state index in [4.69, 9.17) is 0 Å². The maximum atomic E-state index is 11.8. The lowest BCUT2D eigenvalue weighted by Crippen LogP contribution is -2.39. The molecule has 1 amide bonds. The summed E-state index contributed by atoms with van der Waals surface area (Å²) in [5.74, 6) is 0.211. The molecule has 1 rings (SSSR count). The summed E-state index contributed by atoms with van der Waals surface area (Å²) in [6, 6.07) is 0. The van der Waals surface area contributed by atoms with Crippen LogP contribution in [0, 0.1) is 0 Å². The molecule has 1 aliphatic rings. The van der Waals surface area contributed by atoms with Crippen molar-refractivity contribution in [1.29, 1.82) is 0 Å². The zero-order valence-corrected chi connectivity index (χ0v) is 9.94. The average molecular weight is 211 g/mol. The Bertz CT molecular complexity index is 236. The van der Waals surface area contributed by atoms with Gasteiger partial charge in [0.25, 0.3) is 0 Å². The van der Waals surface area contributed by atoms with Crippen molar-refractivity contribution in [3.63, 3.8) is 0 Å². The minimum atomic E-state index is 0.211. The molecule has 86 valence electrons. The predicted octanol–water partition coefficient (Wildman–Crippen LogP) is 0.921. The van der Waals surface area contributed by atoms with Crippen LogP contribution in [0.2, 0.25) is 0 Å². The van der Waals surface area contributed by atoms with Crippen molar-refractivity contribution in [3.05, 3.63) is 12.4 Å². The summed E-state index contributed by atoms with van der Waals surface area (Å²) >= 11 is 0. The molecular weight excluding hydrogens is 190 g/mol. The summed E-state index contributed by atoms with van der Waals surface area (Å²) in [7, 11) is 0. The molecule has 0 saturated carbocycles. The maximum Gasteiger partial charge on any atom is 0.242 e. The molecule has 0 fully saturated rings. The Labute approximate surface area is 92.1 Å². The first kappa shape index (κ1) is 11.9. The Morgan fingerprint density at radius 3 is 2.27 bits per heavy atom. The standard InChI is InChI=1S/C11H21N3O/c1-4-12-7-8-13(10-12)9-11(15)14(5-2)6-3/h7-8H,4-6,9-10H2,1-3H3. The summed E-state index contributed by atoms with van der Waals surface area (Å²) in [4.78, 5) is 17.9. The quantitative estimate of drug-likeness (QED) is 0.676. The lowest BCUT2D eigenvalue weighted by Gasteiger charge is -2.24. The molecule has 0 aromatic rings. The number of likely N-dealkylation sites (N-methyl/N-ethyl adjacent to an activating group) is 1. The van der Waals surface area contributed by atoms with Crippen LogP contribution >= 0.6 is 0 Å². The van der Waals surface area contributed by atoms with Crippen LogP contribution < -0.4 is 0 Å². The van der Waals surface area contributed by atoms with Crippen LogP contribution in [0.3, 0.4) is 0 Å². The van der Waals surface area contributed by atoms with E-state index in [1.165, 1.54) is 0 Å². The zero-order chi connectivity index (χ0) is 11.3. The van der Waals surface area contributed by atoms with E-state index >= 15 is 0 Å². The fourth-order valence-corrected chi connectivity index (χ4v) is 1.67. The normalized spacial score (nSPS) is 14.9. The maximum absolute atomic E-state index is 11.8. The van der Waals surface area contributed by atoms with Gasteiger partial charge in [0.1, 0.15) is 0 Å². The van der Waals surface area contributed by atoms with E-state index in [0.29, 0.717) is 6.54 Å². The van der Waals surface area contributed by atoms with Crippen molar-refractivity contribution in [3.8, 4) is 0 Å². The van der Waals surface area contributed by atoms with Crippen molar-refractivity contribution in [1.82, 2.24) is 14.7 Å². The Morgan fingerprint density at radius 1 is 1.20 bits per heavy atom. The van der Waals surface area contributed by atoms with Crippen LogP contribution in [0.25, 0.3) is 0 Å². The molecule has 0 aliphatic carbocycles. The van der Waals surface area contributed by atoms with E-state index in [9.17, 15) is 4.79 Å². The third kappa shape index (κ3) is 3.15. The minimum absolute atomic E-state index is 0.211. The molecule has 1 heterocycles. The van der Waals surface area contributed by atoms with Crippen LogP contribution in [-0.2, 0) is 4.79 Å². The Balaban J connectivity index is 2.36. The summed E-state index contributed by atoms with van der Waals surface area (Å²) in [6.07, 6.45) is 4.03. The second kappa shape index (κ2) is 5.63. The molecule has 0 spiro atoms. The van der Waals surface area contributed by atoms with Crippen LogP contribution in [0.15, 0.2) is 12.4 Å². The third-order valence-electron chi connectivity index (χ3n) is 2.71. The van der Waals surface area contributed by atoms with Gasteiger partial charge in [-0.25, -0.2) is 0 Å². The predicted molar refractivity (Wildman–Crippen MR) is 61.0 cm³/mol. The highest BCUT2D eigenvalue weighted by Gasteiger charge is 2.16. The van der Waals surface area contributed by atoms with Crippen LogP contribution in [0.1, 0.15) is 20.8 Å². The number of rotatable bonds is 5. The zero-order valence-electron chi connectivity index (χ0n) is 9.94. The smallest absolute Gasteiger partial charge is 0.242 e. The van der Waals surface area contributed by atoms with Gasteiger partial charge in [0.15, 0.2) is 0 Å². The van der Waals surface area contributed by atoms with E-state index < -0.39 is 0 Å². The van der Waals surface area contributed by atoms with Crippen molar-refractivity contribution in [2.75, 3.05) is 32.8 Å².